The Labute approximate surface area is 104 Å². The predicted molar refractivity (Wildman–Crippen MR) is 65.7 cm³/mol. The number of hydrogen-bond acceptors (Lipinski definition) is 3. The first-order valence-electron chi connectivity index (χ1n) is 6.14. The highest BCUT2D eigenvalue weighted by Gasteiger charge is 2.52. The minimum Gasteiger partial charge on any atom is -0.388 e. The third kappa shape index (κ3) is 2.12. The summed E-state index contributed by atoms with van der Waals surface area (Å²) in [6.45, 7) is 7.34. The fourth-order valence-electron chi connectivity index (χ4n) is 2.47. The van der Waals surface area contributed by atoms with Gasteiger partial charge in [0, 0.05) is 31.6 Å². The molecule has 0 aromatic heterocycles. The van der Waals surface area contributed by atoms with Crippen LogP contribution in [0.15, 0.2) is 0 Å². The average Bonchev–Trinajstić information content (AvgIpc) is 2.73. The molecule has 0 aromatic carbocycles. The van der Waals surface area contributed by atoms with Gasteiger partial charge in [0.2, 0.25) is 0 Å². The second kappa shape index (κ2) is 3.91. The third-order valence-corrected chi connectivity index (χ3v) is 6.16. The van der Waals surface area contributed by atoms with E-state index in [1.807, 2.05) is 13.8 Å². The van der Waals surface area contributed by atoms with E-state index >= 15 is 0 Å². The van der Waals surface area contributed by atoms with E-state index in [0.29, 0.717) is 19.6 Å². The molecular weight excluding hydrogens is 240 g/mol. The van der Waals surface area contributed by atoms with Gasteiger partial charge < -0.3 is 5.11 Å². The lowest BCUT2D eigenvalue weighted by molar-refractivity contribution is -0.0101. The molecule has 100 valence electrons. The van der Waals surface area contributed by atoms with Crippen LogP contribution in [0, 0.1) is 5.41 Å². The summed E-state index contributed by atoms with van der Waals surface area (Å²) in [7, 11) is -3.37. The summed E-state index contributed by atoms with van der Waals surface area (Å²) < 4.78 is 27.7. The van der Waals surface area contributed by atoms with Gasteiger partial charge in [-0.25, -0.2) is 0 Å². The van der Waals surface area contributed by atoms with Gasteiger partial charge in [-0.05, 0) is 19.8 Å². The Morgan fingerprint density at radius 1 is 1.00 bits per heavy atom. The first-order valence-corrected chi connectivity index (χ1v) is 7.54. The second-order valence-corrected chi connectivity index (χ2v) is 7.97. The highest BCUT2D eigenvalue weighted by atomic mass is 32.2. The van der Waals surface area contributed by atoms with Crippen LogP contribution < -0.4 is 0 Å². The number of β-amino-alcohol motifs (C(OH)–C–C–N with tert-alkyl or cyclic N) is 1. The zero-order valence-corrected chi connectivity index (χ0v) is 11.6. The molecule has 1 unspecified atom stereocenters. The van der Waals surface area contributed by atoms with E-state index in [0.717, 1.165) is 12.8 Å². The van der Waals surface area contributed by atoms with Crippen LogP contribution in [0.2, 0.25) is 0 Å². The highest BCUT2D eigenvalue weighted by molar-refractivity contribution is 7.86. The fraction of sp³-hybridized carbons (Fsp3) is 1.00. The van der Waals surface area contributed by atoms with Crippen LogP contribution in [-0.2, 0) is 10.2 Å². The van der Waals surface area contributed by atoms with E-state index < -0.39 is 21.2 Å². The van der Waals surface area contributed by atoms with Crippen molar-refractivity contribution in [3.63, 3.8) is 0 Å². The van der Waals surface area contributed by atoms with Crippen LogP contribution in [0.1, 0.15) is 33.6 Å². The van der Waals surface area contributed by atoms with E-state index in [1.54, 1.807) is 6.92 Å². The predicted octanol–water partition coefficient (Wildman–Crippen LogP) is 0.420. The lowest BCUT2D eigenvalue weighted by Crippen LogP contribution is -2.43. The molecule has 2 aliphatic heterocycles. The molecular formula is C11H22N2O3S. The van der Waals surface area contributed by atoms with Crippen molar-refractivity contribution in [2.24, 2.45) is 5.41 Å². The monoisotopic (exact) mass is 262 g/mol. The molecule has 0 aliphatic carbocycles. The van der Waals surface area contributed by atoms with Crippen molar-refractivity contribution < 1.29 is 13.5 Å². The van der Waals surface area contributed by atoms with Gasteiger partial charge in [0.05, 0.1) is 5.60 Å². The topological polar surface area (TPSA) is 60.9 Å². The Hall–Kier alpha value is -0.170. The van der Waals surface area contributed by atoms with Crippen LogP contribution in [0.25, 0.3) is 0 Å². The molecule has 0 bridgehead atoms. The maximum absolute atomic E-state index is 12.4. The standard InChI is InChI=1S/C11H22N2O3S/c1-10(2)8-13(9-11(10,3)14)17(15,16)12-6-4-5-7-12/h14H,4-9H2,1-3H3. The van der Waals surface area contributed by atoms with Crippen molar-refractivity contribution in [2.75, 3.05) is 26.2 Å². The highest BCUT2D eigenvalue weighted by Crippen LogP contribution is 2.40. The van der Waals surface area contributed by atoms with E-state index in [2.05, 4.69) is 0 Å². The molecule has 17 heavy (non-hydrogen) atoms. The number of aliphatic hydroxyl groups is 1. The quantitative estimate of drug-likeness (QED) is 0.784. The van der Waals surface area contributed by atoms with Gasteiger partial charge in [-0.2, -0.15) is 17.0 Å². The summed E-state index contributed by atoms with van der Waals surface area (Å²) in [4.78, 5) is 0. The molecule has 2 heterocycles. The zero-order valence-electron chi connectivity index (χ0n) is 10.8. The molecule has 5 nitrogen and oxygen atoms in total. The summed E-state index contributed by atoms with van der Waals surface area (Å²) in [6, 6.07) is 0. The first-order chi connectivity index (χ1) is 7.67. The molecule has 1 atom stereocenters. The molecule has 0 saturated carbocycles. The minimum atomic E-state index is -3.37. The Morgan fingerprint density at radius 2 is 1.53 bits per heavy atom. The van der Waals surface area contributed by atoms with Gasteiger partial charge in [-0.15, -0.1) is 0 Å². The van der Waals surface area contributed by atoms with Crippen LogP contribution in [0.3, 0.4) is 0 Å². The Kier molecular flexibility index (Phi) is 3.05. The van der Waals surface area contributed by atoms with Crippen LogP contribution in [0.5, 0.6) is 0 Å². The minimum absolute atomic E-state index is 0.193. The van der Waals surface area contributed by atoms with Crippen molar-refractivity contribution in [2.45, 2.75) is 39.2 Å². The summed E-state index contributed by atoms with van der Waals surface area (Å²) in [5.74, 6) is 0. The van der Waals surface area contributed by atoms with E-state index in [-0.39, 0.29) is 6.54 Å². The maximum atomic E-state index is 12.4. The second-order valence-electron chi connectivity index (χ2n) is 6.04. The molecule has 2 saturated heterocycles. The molecule has 2 rings (SSSR count). The molecule has 0 radical (unpaired) electrons. The van der Waals surface area contributed by atoms with Gasteiger partial charge in [0.15, 0.2) is 0 Å². The fourth-order valence-corrected chi connectivity index (χ4v) is 4.42. The number of hydrogen-bond donors (Lipinski definition) is 1. The lowest BCUT2D eigenvalue weighted by Gasteiger charge is -2.31. The van der Waals surface area contributed by atoms with Gasteiger partial charge >= 0.3 is 0 Å². The Morgan fingerprint density at radius 3 is 1.94 bits per heavy atom. The average molecular weight is 262 g/mol. The Balaban J connectivity index is 2.20. The van der Waals surface area contributed by atoms with Crippen LogP contribution in [0.4, 0.5) is 0 Å². The smallest absolute Gasteiger partial charge is 0.282 e. The van der Waals surface area contributed by atoms with Crippen molar-refractivity contribution in [1.82, 2.24) is 8.61 Å². The zero-order chi connectivity index (χ0) is 12.9. The molecule has 0 aromatic rings. The largest absolute Gasteiger partial charge is 0.388 e. The lowest BCUT2D eigenvalue weighted by atomic mass is 9.79. The summed E-state index contributed by atoms with van der Waals surface area (Å²) in [5.41, 5.74) is -1.36. The number of nitrogens with zero attached hydrogens (tertiary/aromatic N) is 2. The molecule has 6 heteroatoms. The molecule has 0 spiro atoms. The molecule has 2 fully saturated rings. The first kappa shape index (κ1) is 13.3. The SMILES string of the molecule is CC1(C)CN(S(=O)(=O)N2CCCC2)CC1(C)O. The van der Waals surface area contributed by atoms with Gasteiger partial charge in [0.1, 0.15) is 0 Å². The van der Waals surface area contributed by atoms with Crippen molar-refractivity contribution in [3.05, 3.63) is 0 Å². The van der Waals surface area contributed by atoms with E-state index in [1.165, 1.54) is 8.61 Å². The van der Waals surface area contributed by atoms with Gasteiger partial charge in [-0.1, -0.05) is 13.8 Å². The van der Waals surface area contributed by atoms with Crippen molar-refractivity contribution in [1.29, 1.82) is 0 Å². The summed E-state index contributed by atoms with van der Waals surface area (Å²) in [6.07, 6.45) is 1.87. The maximum Gasteiger partial charge on any atom is 0.282 e. The van der Waals surface area contributed by atoms with Crippen molar-refractivity contribution in [3.8, 4) is 0 Å². The molecule has 0 amide bonds. The Bertz CT molecular complexity index is 381. The van der Waals surface area contributed by atoms with Crippen LogP contribution >= 0.6 is 0 Å². The molecule has 2 aliphatic rings. The van der Waals surface area contributed by atoms with Crippen molar-refractivity contribution >= 4 is 10.2 Å². The number of rotatable bonds is 2. The van der Waals surface area contributed by atoms with E-state index in [4.69, 9.17) is 0 Å². The van der Waals surface area contributed by atoms with Gasteiger partial charge in [0.25, 0.3) is 10.2 Å². The molecule has 1 N–H and O–H groups in total. The van der Waals surface area contributed by atoms with Gasteiger partial charge in [-0.3, -0.25) is 0 Å². The van der Waals surface area contributed by atoms with E-state index in [9.17, 15) is 13.5 Å². The third-order valence-electron chi connectivity index (χ3n) is 4.23. The van der Waals surface area contributed by atoms with Crippen LogP contribution in [-0.4, -0.2) is 53.9 Å². The normalized spacial score (nSPS) is 35.5. The summed E-state index contributed by atoms with van der Waals surface area (Å²) >= 11 is 0. The summed E-state index contributed by atoms with van der Waals surface area (Å²) in [5, 5.41) is 10.3.